The smallest absolute Gasteiger partial charge is 0.251 e. The molecule has 3 aromatic rings. The van der Waals surface area contributed by atoms with Crippen molar-refractivity contribution in [2.45, 2.75) is 19.1 Å². The van der Waals surface area contributed by atoms with Gasteiger partial charge in [0.25, 0.3) is 5.91 Å². The molecule has 2 N–H and O–H groups in total. The van der Waals surface area contributed by atoms with E-state index in [0.29, 0.717) is 25.3 Å². The SMILES string of the molecule is O=C(NC[C@@H]1OCCc2cn(Cc3ccccc3)nc21)c1ccc(O)cc1. The van der Waals surface area contributed by atoms with Crippen molar-refractivity contribution in [1.82, 2.24) is 15.1 Å². The Morgan fingerprint density at radius 1 is 1.19 bits per heavy atom. The Balaban J connectivity index is 1.43. The predicted octanol–water partition coefficient (Wildman–Crippen LogP) is 2.68. The number of aromatic nitrogens is 2. The van der Waals surface area contributed by atoms with Gasteiger partial charge in [-0.25, -0.2) is 0 Å². The van der Waals surface area contributed by atoms with Crippen molar-refractivity contribution in [3.8, 4) is 5.75 Å². The zero-order valence-corrected chi connectivity index (χ0v) is 14.8. The van der Waals surface area contributed by atoms with Gasteiger partial charge in [0.1, 0.15) is 11.9 Å². The second-order valence-electron chi connectivity index (χ2n) is 6.59. The summed E-state index contributed by atoms with van der Waals surface area (Å²) in [7, 11) is 0. The fourth-order valence-electron chi connectivity index (χ4n) is 3.24. The van der Waals surface area contributed by atoms with Crippen LogP contribution >= 0.6 is 0 Å². The Morgan fingerprint density at radius 2 is 1.96 bits per heavy atom. The molecule has 1 aliphatic heterocycles. The topological polar surface area (TPSA) is 76.4 Å². The normalized spacial score (nSPS) is 15.9. The van der Waals surface area contributed by atoms with Gasteiger partial charge in [-0.1, -0.05) is 30.3 Å². The Hall–Kier alpha value is -3.12. The van der Waals surface area contributed by atoms with Crippen LogP contribution in [0.3, 0.4) is 0 Å². The standard InChI is InChI=1S/C21H21N3O3/c25-18-8-6-16(7-9-18)21(26)22-12-19-20-17(10-11-27-19)14-24(23-20)13-15-4-2-1-3-5-15/h1-9,14,19,25H,10-13H2,(H,22,26)/t19-/m0/s1. The Bertz CT molecular complexity index is 920. The van der Waals surface area contributed by atoms with E-state index in [4.69, 9.17) is 9.84 Å². The Labute approximate surface area is 157 Å². The van der Waals surface area contributed by atoms with Gasteiger partial charge < -0.3 is 15.2 Å². The molecule has 27 heavy (non-hydrogen) atoms. The van der Waals surface area contributed by atoms with Crippen LogP contribution in [0.15, 0.2) is 60.8 Å². The number of phenols is 1. The monoisotopic (exact) mass is 363 g/mol. The maximum absolute atomic E-state index is 12.3. The second kappa shape index (κ2) is 7.63. The summed E-state index contributed by atoms with van der Waals surface area (Å²) < 4.78 is 7.78. The van der Waals surface area contributed by atoms with Crippen LogP contribution in [0.25, 0.3) is 0 Å². The first-order valence-corrected chi connectivity index (χ1v) is 8.98. The maximum atomic E-state index is 12.3. The molecule has 2 heterocycles. The van der Waals surface area contributed by atoms with Crippen LogP contribution in [-0.2, 0) is 17.7 Å². The summed E-state index contributed by atoms with van der Waals surface area (Å²) in [6.07, 6.45) is 2.64. The summed E-state index contributed by atoms with van der Waals surface area (Å²) in [5.74, 6) is -0.0646. The molecule has 0 fully saturated rings. The van der Waals surface area contributed by atoms with Crippen LogP contribution in [0.4, 0.5) is 0 Å². The minimum absolute atomic E-state index is 0.135. The highest BCUT2D eigenvalue weighted by atomic mass is 16.5. The quantitative estimate of drug-likeness (QED) is 0.731. The summed E-state index contributed by atoms with van der Waals surface area (Å²) in [6.45, 7) is 1.68. The fraction of sp³-hybridized carbons (Fsp3) is 0.238. The molecule has 138 valence electrons. The summed E-state index contributed by atoms with van der Waals surface area (Å²) in [5.41, 5.74) is 3.75. The molecule has 2 aromatic carbocycles. The molecule has 0 unspecified atom stereocenters. The molecule has 4 rings (SSSR count). The highest BCUT2D eigenvalue weighted by molar-refractivity contribution is 5.94. The number of aromatic hydroxyl groups is 1. The summed E-state index contributed by atoms with van der Waals surface area (Å²) >= 11 is 0. The van der Waals surface area contributed by atoms with Gasteiger partial charge in [-0.2, -0.15) is 5.10 Å². The van der Waals surface area contributed by atoms with E-state index in [-0.39, 0.29) is 17.8 Å². The lowest BCUT2D eigenvalue weighted by atomic mass is 10.1. The maximum Gasteiger partial charge on any atom is 0.251 e. The van der Waals surface area contributed by atoms with E-state index in [1.807, 2.05) is 22.9 Å². The van der Waals surface area contributed by atoms with E-state index in [9.17, 15) is 9.90 Å². The molecule has 1 aliphatic rings. The van der Waals surface area contributed by atoms with Crippen LogP contribution in [0.2, 0.25) is 0 Å². The minimum atomic E-state index is -0.258. The van der Waals surface area contributed by atoms with Gasteiger partial charge in [0.2, 0.25) is 0 Å². The number of carbonyl (C=O) groups excluding carboxylic acids is 1. The molecule has 0 saturated carbocycles. The van der Waals surface area contributed by atoms with E-state index in [1.165, 1.54) is 23.3 Å². The van der Waals surface area contributed by atoms with Gasteiger partial charge >= 0.3 is 0 Å². The lowest BCUT2D eigenvalue weighted by molar-refractivity contribution is 0.0383. The van der Waals surface area contributed by atoms with Gasteiger partial charge in [0, 0.05) is 18.3 Å². The molecule has 0 aliphatic carbocycles. The number of rotatable bonds is 5. The van der Waals surface area contributed by atoms with E-state index >= 15 is 0 Å². The largest absolute Gasteiger partial charge is 0.508 e. The molecule has 0 radical (unpaired) electrons. The molecule has 1 amide bonds. The second-order valence-corrected chi connectivity index (χ2v) is 6.59. The third-order valence-corrected chi connectivity index (χ3v) is 4.63. The number of hydrogen-bond acceptors (Lipinski definition) is 4. The zero-order valence-electron chi connectivity index (χ0n) is 14.8. The minimum Gasteiger partial charge on any atom is -0.508 e. The third-order valence-electron chi connectivity index (χ3n) is 4.63. The van der Waals surface area contributed by atoms with Crippen LogP contribution in [0, 0.1) is 0 Å². The lowest BCUT2D eigenvalue weighted by Gasteiger charge is -2.22. The Morgan fingerprint density at radius 3 is 2.74 bits per heavy atom. The van der Waals surface area contributed by atoms with E-state index in [1.54, 1.807) is 12.1 Å². The van der Waals surface area contributed by atoms with Crippen LogP contribution < -0.4 is 5.32 Å². The van der Waals surface area contributed by atoms with Gasteiger partial charge in [-0.15, -0.1) is 0 Å². The first-order chi connectivity index (χ1) is 13.2. The van der Waals surface area contributed by atoms with E-state index < -0.39 is 0 Å². The van der Waals surface area contributed by atoms with E-state index in [0.717, 1.165) is 12.1 Å². The number of phenolic OH excluding ortho intramolecular Hbond substituents is 1. The summed E-state index contributed by atoms with van der Waals surface area (Å²) in [5, 5.41) is 16.9. The van der Waals surface area contributed by atoms with Gasteiger partial charge in [-0.3, -0.25) is 9.48 Å². The van der Waals surface area contributed by atoms with Crippen molar-refractivity contribution >= 4 is 5.91 Å². The van der Waals surface area contributed by atoms with Crippen molar-refractivity contribution in [2.24, 2.45) is 0 Å². The van der Waals surface area contributed by atoms with Crippen LogP contribution in [0.5, 0.6) is 5.75 Å². The molecule has 0 spiro atoms. The number of amides is 1. The average molecular weight is 363 g/mol. The van der Waals surface area contributed by atoms with Crippen molar-refractivity contribution in [3.05, 3.63) is 83.2 Å². The van der Waals surface area contributed by atoms with Gasteiger partial charge in [0.15, 0.2) is 0 Å². The van der Waals surface area contributed by atoms with Crippen molar-refractivity contribution in [2.75, 3.05) is 13.2 Å². The highest BCUT2D eigenvalue weighted by Gasteiger charge is 2.25. The molecule has 0 bridgehead atoms. The molecule has 0 saturated heterocycles. The molecule has 1 aromatic heterocycles. The number of nitrogens with zero attached hydrogens (tertiary/aromatic N) is 2. The van der Waals surface area contributed by atoms with Crippen LogP contribution in [0.1, 0.15) is 33.3 Å². The zero-order chi connectivity index (χ0) is 18.6. The Kier molecular flexibility index (Phi) is 4.89. The van der Waals surface area contributed by atoms with Crippen molar-refractivity contribution in [3.63, 3.8) is 0 Å². The summed E-state index contributed by atoms with van der Waals surface area (Å²) in [6, 6.07) is 16.4. The lowest BCUT2D eigenvalue weighted by Crippen LogP contribution is -2.31. The number of nitrogens with one attached hydrogen (secondary N) is 1. The number of benzene rings is 2. The average Bonchev–Trinajstić information content (AvgIpc) is 3.10. The number of carbonyl (C=O) groups is 1. The summed E-state index contributed by atoms with van der Waals surface area (Å²) in [4.78, 5) is 12.3. The first kappa shape index (κ1) is 17.3. The molecule has 6 heteroatoms. The number of ether oxygens (including phenoxy) is 1. The van der Waals surface area contributed by atoms with E-state index in [2.05, 4.69) is 23.6 Å². The van der Waals surface area contributed by atoms with Crippen molar-refractivity contribution < 1.29 is 14.6 Å². The first-order valence-electron chi connectivity index (χ1n) is 8.98. The fourth-order valence-corrected chi connectivity index (χ4v) is 3.24. The third kappa shape index (κ3) is 4.01. The molecule has 6 nitrogen and oxygen atoms in total. The highest BCUT2D eigenvalue weighted by Crippen LogP contribution is 2.25. The van der Waals surface area contributed by atoms with Gasteiger partial charge in [-0.05, 0) is 41.8 Å². The van der Waals surface area contributed by atoms with Crippen molar-refractivity contribution in [1.29, 1.82) is 0 Å². The van der Waals surface area contributed by atoms with Gasteiger partial charge in [0.05, 0.1) is 18.8 Å². The number of hydrogen-bond donors (Lipinski definition) is 2. The molecular formula is C21H21N3O3. The molecule has 1 atom stereocenters. The molecular weight excluding hydrogens is 342 g/mol. The van der Waals surface area contributed by atoms with Crippen LogP contribution in [-0.4, -0.2) is 33.9 Å². The number of fused-ring (bicyclic) bond motifs is 1. The predicted molar refractivity (Wildman–Crippen MR) is 101 cm³/mol.